The van der Waals surface area contributed by atoms with E-state index in [0.29, 0.717) is 10.7 Å². The van der Waals surface area contributed by atoms with E-state index in [1.54, 1.807) is 12.1 Å². The van der Waals surface area contributed by atoms with E-state index in [1.807, 2.05) is 26.0 Å². The van der Waals surface area contributed by atoms with Crippen molar-refractivity contribution in [3.05, 3.63) is 57.6 Å². The fraction of sp³-hybridized carbons (Fsp3) is 0.200. The van der Waals surface area contributed by atoms with Gasteiger partial charge in [-0.2, -0.15) is 0 Å². The van der Waals surface area contributed by atoms with Crippen LogP contribution >= 0.6 is 23.2 Å². The summed E-state index contributed by atoms with van der Waals surface area (Å²) in [5.74, 6) is 0. The number of halogens is 2. The van der Waals surface area contributed by atoms with Crippen LogP contribution in [0.15, 0.2) is 41.3 Å². The number of aryl methyl sites for hydroxylation is 2. The second-order valence-corrected chi connectivity index (χ2v) is 7.18. The van der Waals surface area contributed by atoms with Crippen molar-refractivity contribution < 1.29 is 8.42 Å². The van der Waals surface area contributed by atoms with Gasteiger partial charge in [-0.25, -0.2) is 8.42 Å². The number of hydrogen-bond donors (Lipinski definition) is 1. The summed E-state index contributed by atoms with van der Waals surface area (Å²) in [6.07, 6.45) is 0.897. The molecule has 0 aliphatic rings. The molecule has 0 spiro atoms. The molecule has 2 aromatic rings. The van der Waals surface area contributed by atoms with Gasteiger partial charge in [-0.05, 0) is 48.7 Å². The molecule has 0 saturated carbocycles. The molecule has 0 atom stereocenters. The summed E-state index contributed by atoms with van der Waals surface area (Å²) in [5.41, 5.74) is 2.54. The van der Waals surface area contributed by atoms with Crippen LogP contribution in [0.3, 0.4) is 0 Å². The Labute approximate surface area is 135 Å². The predicted molar refractivity (Wildman–Crippen MR) is 87.8 cm³/mol. The Balaban J connectivity index is 2.40. The molecule has 0 aromatic heterocycles. The van der Waals surface area contributed by atoms with Crippen molar-refractivity contribution in [1.82, 2.24) is 0 Å². The lowest BCUT2D eigenvalue weighted by Crippen LogP contribution is -2.14. The molecule has 2 aromatic carbocycles. The minimum Gasteiger partial charge on any atom is -0.279 e. The maximum atomic E-state index is 12.4. The van der Waals surface area contributed by atoms with Gasteiger partial charge < -0.3 is 0 Å². The molecule has 0 bridgehead atoms. The third-order valence-electron chi connectivity index (χ3n) is 3.13. The van der Waals surface area contributed by atoms with Crippen molar-refractivity contribution in [2.45, 2.75) is 25.2 Å². The topological polar surface area (TPSA) is 46.2 Å². The molecular weight excluding hydrogens is 329 g/mol. The fourth-order valence-electron chi connectivity index (χ4n) is 1.94. The third kappa shape index (κ3) is 3.70. The monoisotopic (exact) mass is 343 g/mol. The molecule has 0 unspecified atom stereocenters. The summed E-state index contributed by atoms with van der Waals surface area (Å²) < 4.78 is 27.4. The first-order chi connectivity index (χ1) is 9.83. The highest BCUT2D eigenvalue weighted by atomic mass is 35.5. The van der Waals surface area contributed by atoms with E-state index in [-0.39, 0.29) is 9.92 Å². The van der Waals surface area contributed by atoms with Crippen LogP contribution in [0.25, 0.3) is 0 Å². The Morgan fingerprint density at radius 3 is 2.43 bits per heavy atom. The standard InChI is InChI=1S/C15H15Cl2NO2S/c1-3-11-4-7-14(10(2)8-11)18-21(19,20)15-9-12(16)5-6-13(15)17/h4-9,18H,3H2,1-2H3. The van der Waals surface area contributed by atoms with Crippen LogP contribution in [-0.4, -0.2) is 8.42 Å². The van der Waals surface area contributed by atoms with Crippen molar-refractivity contribution >= 4 is 38.9 Å². The molecule has 21 heavy (non-hydrogen) atoms. The molecule has 3 nitrogen and oxygen atoms in total. The third-order valence-corrected chi connectivity index (χ3v) is 5.21. The highest BCUT2D eigenvalue weighted by molar-refractivity contribution is 7.92. The minimum atomic E-state index is -3.77. The Bertz CT molecular complexity index is 773. The molecule has 0 amide bonds. The second kappa shape index (κ2) is 6.26. The summed E-state index contributed by atoms with van der Waals surface area (Å²) in [6, 6.07) is 9.95. The van der Waals surface area contributed by atoms with E-state index in [4.69, 9.17) is 23.2 Å². The Hall–Kier alpha value is -1.23. The predicted octanol–water partition coefficient (Wildman–Crippen LogP) is 4.67. The molecule has 0 radical (unpaired) electrons. The number of rotatable bonds is 4. The fourth-order valence-corrected chi connectivity index (χ4v) is 3.84. The first-order valence-corrected chi connectivity index (χ1v) is 8.65. The Kier molecular flexibility index (Phi) is 4.81. The minimum absolute atomic E-state index is 0.0318. The van der Waals surface area contributed by atoms with E-state index in [9.17, 15) is 8.42 Å². The van der Waals surface area contributed by atoms with E-state index in [0.717, 1.165) is 17.5 Å². The van der Waals surface area contributed by atoms with Crippen LogP contribution in [0.1, 0.15) is 18.1 Å². The van der Waals surface area contributed by atoms with Crippen LogP contribution < -0.4 is 4.72 Å². The average Bonchev–Trinajstić information content (AvgIpc) is 2.43. The van der Waals surface area contributed by atoms with E-state index in [2.05, 4.69) is 4.72 Å². The molecule has 2 rings (SSSR count). The van der Waals surface area contributed by atoms with Crippen molar-refractivity contribution in [2.24, 2.45) is 0 Å². The zero-order chi connectivity index (χ0) is 15.6. The van der Waals surface area contributed by atoms with Gasteiger partial charge in [0.2, 0.25) is 0 Å². The highest BCUT2D eigenvalue weighted by Gasteiger charge is 2.19. The molecule has 0 saturated heterocycles. The van der Waals surface area contributed by atoms with Crippen LogP contribution in [-0.2, 0) is 16.4 Å². The molecule has 0 heterocycles. The lowest BCUT2D eigenvalue weighted by molar-refractivity contribution is 0.601. The molecular formula is C15H15Cl2NO2S. The summed E-state index contributed by atoms with van der Waals surface area (Å²) in [7, 11) is -3.77. The lowest BCUT2D eigenvalue weighted by atomic mass is 10.1. The molecule has 112 valence electrons. The van der Waals surface area contributed by atoms with Crippen molar-refractivity contribution in [3.8, 4) is 0 Å². The van der Waals surface area contributed by atoms with Crippen LogP contribution in [0.5, 0.6) is 0 Å². The first kappa shape index (κ1) is 16.1. The van der Waals surface area contributed by atoms with E-state index < -0.39 is 10.0 Å². The van der Waals surface area contributed by atoms with E-state index in [1.165, 1.54) is 12.1 Å². The number of nitrogens with one attached hydrogen (secondary N) is 1. The van der Waals surface area contributed by atoms with Gasteiger partial charge >= 0.3 is 0 Å². The molecule has 1 N–H and O–H groups in total. The lowest BCUT2D eigenvalue weighted by Gasteiger charge is -2.12. The molecule has 6 heteroatoms. The van der Waals surface area contributed by atoms with Crippen molar-refractivity contribution in [2.75, 3.05) is 4.72 Å². The Morgan fingerprint density at radius 2 is 1.81 bits per heavy atom. The zero-order valence-electron chi connectivity index (χ0n) is 11.7. The smallest absolute Gasteiger partial charge is 0.263 e. The molecule has 0 aliphatic heterocycles. The zero-order valence-corrected chi connectivity index (χ0v) is 14.0. The second-order valence-electron chi connectivity index (χ2n) is 4.68. The summed E-state index contributed by atoms with van der Waals surface area (Å²) in [5, 5.41) is 0.451. The highest BCUT2D eigenvalue weighted by Crippen LogP contribution is 2.28. The van der Waals surface area contributed by atoms with Gasteiger partial charge in [0.05, 0.1) is 10.7 Å². The van der Waals surface area contributed by atoms with Gasteiger partial charge in [-0.15, -0.1) is 0 Å². The van der Waals surface area contributed by atoms with Gasteiger partial charge in [0.25, 0.3) is 10.0 Å². The molecule has 0 fully saturated rings. The molecule has 0 aliphatic carbocycles. The van der Waals surface area contributed by atoms with Crippen LogP contribution in [0, 0.1) is 6.92 Å². The van der Waals surface area contributed by atoms with Gasteiger partial charge in [0, 0.05) is 5.02 Å². The Morgan fingerprint density at radius 1 is 1.10 bits per heavy atom. The summed E-state index contributed by atoms with van der Waals surface area (Å²) in [6.45, 7) is 3.90. The quantitative estimate of drug-likeness (QED) is 0.876. The number of sulfonamides is 1. The first-order valence-electron chi connectivity index (χ1n) is 6.41. The maximum absolute atomic E-state index is 12.4. The number of hydrogen-bond acceptors (Lipinski definition) is 2. The number of anilines is 1. The summed E-state index contributed by atoms with van der Waals surface area (Å²) >= 11 is 11.8. The van der Waals surface area contributed by atoms with Gasteiger partial charge in [0.1, 0.15) is 4.90 Å². The average molecular weight is 344 g/mol. The van der Waals surface area contributed by atoms with Crippen molar-refractivity contribution in [1.29, 1.82) is 0 Å². The summed E-state index contributed by atoms with van der Waals surface area (Å²) in [4.78, 5) is -0.0318. The number of benzene rings is 2. The normalized spacial score (nSPS) is 11.4. The van der Waals surface area contributed by atoms with Gasteiger partial charge in [0.15, 0.2) is 0 Å². The maximum Gasteiger partial charge on any atom is 0.263 e. The van der Waals surface area contributed by atoms with Gasteiger partial charge in [-0.1, -0.05) is 42.3 Å². The van der Waals surface area contributed by atoms with Crippen LogP contribution in [0.2, 0.25) is 10.0 Å². The van der Waals surface area contributed by atoms with Crippen LogP contribution in [0.4, 0.5) is 5.69 Å². The largest absolute Gasteiger partial charge is 0.279 e. The van der Waals surface area contributed by atoms with E-state index >= 15 is 0 Å². The SMILES string of the molecule is CCc1ccc(NS(=O)(=O)c2cc(Cl)ccc2Cl)c(C)c1. The van der Waals surface area contributed by atoms with Gasteiger partial charge in [-0.3, -0.25) is 4.72 Å². The van der Waals surface area contributed by atoms with Crippen molar-refractivity contribution in [3.63, 3.8) is 0 Å².